The molecule has 1 amide bonds. The summed E-state index contributed by atoms with van der Waals surface area (Å²) < 4.78 is 0. The van der Waals surface area contributed by atoms with Crippen LogP contribution in [0.3, 0.4) is 0 Å². The van der Waals surface area contributed by atoms with Crippen LogP contribution in [0.2, 0.25) is 0 Å². The highest BCUT2D eigenvalue weighted by atomic mass is 32.2. The zero-order valence-corrected chi connectivity index (χ0v) is 10.1. The molecule has 0 saturated heterocycles. The maximum Gasteiger partial charge on any atom is 0.291 e. The Balaban J connectivity index is 2.15. The lowest BCUT2D eigenvalue weighted by molar-refractivity contribution is -0.117. The first kappa shape index (κ1) is 11.1. The topological polar surface area (TPSA) is 43.2 Å². The van der Waals surface area contributed by atoms with Crippen molar-refractivity contribution in [2.45, 2.75) is 18.2 Å². The summed E-state index contributed by atoms with van der Waals surface area (Å²) in [6, 6.07) is 8.25. The Morgan fingerprint density at radius 1 is 1.31 bits per heavy atom. The second kappa shape index (κ2) is 4.61. The third-order valence-electron chi connectivity index (χ3n) is 2.58. The summed E-state index contributed by atoms with van der Waals surface area (Å²) in [7, 11) is 0. The molecule has 1 aromatic rings. The van der Waals surface area contributed by atoms with Crippen LogP contribution >= 0.6 is 11.8 Å². The lowest BCUT2D eigenvalue weighted by Gasteiger charge is -2.02. The van der Waals surface area contributed by atoms with E-state index in [9.17, 15) is 4.79 Å². The number of benzene rings is 1. The smallest absolute Gasteiger partial charge is 0.279 e. The average Bonchev–Trinajstić information content (AvgIpc) is 2.62. The van der Waals surface area contributed by atoms with Crippen molar-refractivity contribution in [1.82, 2.24) is 10.9 Å². The molecule has 0 unspecified atom stereocenters. The van der Waals surface area contributed by atoms with E-state index < -0.39 is 0 Å². The maximum atomic E-state index is 11.4. The molecule has 0 atom stereocenters. The fourth-order valence-electron chi connectivity index (χ4n) is 1.59. The van der Waals surface area contributed by atoms with E-state index in [0.29, 0.717) is 6.42 Å². The van der Waals surface area contributed by atoms with Gasteiger partial charge in [0.15, 0.2) is 0 Å². The van der Waals surface area contributed by atoms with Gasteiger partial charge in [0.2, 0.25) is 0 Å². The van der Waals surface area contributed by atoms with E-state index in [0.717, 1.165) is 16.8 Å². The molecule has 0 fully saturated rings. The number of allylic oxidation sites excluding steroid dienone is 1. The largest absolute Gasteiger partial charge is 0.291 e. The van der Waals surface area contributed by atoms with Crippen molar-refractivity contribution in [2.24, 2.45) is 0 Å². The Kier molecular flexibility index (Phi) is 3.19. The van der Waals surface area contributed by atoms with Crippen LogP contribution < -0.4 is 10.9 Å². The van der Waals surface area contributed by atoms with E-state index in [2.05, 4.69) is 35.1 Å². The van der Waals surface area contributed by atoms with Crippen molar-refractivity contribution < 1.29 is 4.79 Å². The summed E-state index contributed by atoms with van der Waals surface area (Å²) in [6.07, 6.45) is 2.70. The average molecular weight is 233 g/mol. The lowest BCUT2D eigenvalue weighted by atomic mass is 10.0. The molecule has 16 heavy (non-hydrogen) atoms. The van der Waals surface area contributed by atoms with Crippen molar-refractivity contribution in [1.29, 1.82) is 0 Å². The molecular weight excluding hydrogens is 220 g/mol. The summed E-state index contributed by atoms with van der Waals surface area (Å²) in [4.78, 5) is 12.7. The van der Waals surface area contributed by atoms with Crippen molar-refractivity contribution in [3.8, 4) is 0 Å². The van der Waals surface area contributed by atoms with E-state index in [1.54, 1.807) is 11.8 Å². The summed E-state index contributed by atoms with van der Waals surface area (Å²) >= 11 is 1.71. The predicted molar refractivity (Wildman–Crippen MR) is 64.9 cm³/mol. The molecule has 0 saturated carbocycles. The number of hydrogen-bond donors (Lipinski definition) is 1. The quantitative estimate of drug-likeness (QED) is 0.811. The molecule has 0 aromatic heterocycles. The van der Waals surface area contributed by atoms with E-state index in [4.69, 9.17) is 0 Å². The summed E-state index contributed by atoms with van der Waals surface area (Å²) in [6.45, 7) is 1.87. The molecule has 2 rings (SSSR count). The number of carbonyl (C=O) groups is 1. The highest BCUT2D eigenvalue weighted by Crippen LogP contribution is 2.18. The molecule has 1 N–H and O–H groups in total. The normalized spacial score (nSPS) is 15.0. The number of hydrogen-bond acceptors (Lipinski definition) is 3. The first-order chi connectivity index (χ1) is 7.70. The molecule has 1 aromatic carbocycles. The Morgan fingerprint density at radius 3 is 2.50 bits per heavy atom. The Morgan fingerprint density at radius 2 is 2.00 bits per heavy atom. The fraction of sp³-hybridized carbons (Fsp3) is 0.250. The zero-order valence-electron chi connectivity index (χ0n) is 9.28. The number of carbonyl (C=O) groups excluding carboxylic acids is 1. The lowest BCUT2D eigenvalue weighted by Crippen LogP contribution is -2.19. The van der Waals surface area contributed by atoms with Crippen molar-refractivity contribution in [3.63, 3.8) is 0 Å². The molecule has 1 radical (unpaired) electrons. The Bertz CT molecular complexity index is 437. The van der Waals surface area contributed by atoms with Crippen molar-refractivity contribution >= 4 is 17.7 Å². The molecule has 1 heterocycles. The first-order valence-corrected chi connectivity index (χ1v) is 6.27. The van der Waals surface area contributed by atoms with Gasteiger partial charge in [-0.2, -0.15) is 0 Å². The van der Waals surface area contributed by atoms with Crippen LogP contribution in [0.5, 0.6) is 0 Å². The third-order valence-corrected chi connectivity index (χ3v) is 3.32. The van der Waals surface area contributed by atoms with Crippen LogP contribution in [0.15, 0.2) is 40.4 Å². The van der Waals surface area contributed by atoms with Crippen LogP contribution in [-0.2, 0) is 11.2 Å². The zero-order chi connectivity index (χ0) is 11.5. The molecule has 0 bridgehead atoms. The van der Waals surface area contributed by atoms with Crippen LogP contribution in [-0.4, -0.2) is 12.2 Å². The second-order valence-corrected chi connectivity index (χ2v) is 4.54. The second-order valence-electron chi connectivity index (χ2n) is 3.66. The molecule has 1 aliphatic rings. The van der Waals surface area contributed by atoms with E-state index in [1.807, 2.05) is 13.2 Å². The van der Waals surface area contributed by atoms with Crippen LogP contribution in [0, 0.1) is 0 Å². The minimum Gasteiger partial charge on any atom is -0.279 e. The maximum absolute atomic E-state index is 11.4. The number of nitrogens with one attached hydrogen (secondary N) is 1. The predicted octanol–water partition coefficient (Wildman–Crippen LogP) is 1.87. The van der Waals surface area contributed by atoms with Gasteiger partial charge < -0.3 is 0 Å². The summed E-state index contributed by atoms with van der Waals surface area (Å²) in [5.74, 6) is -0.147. The van der Waals surface area contributed by atoms with Gasteiger partial charge in [-0.3, -0.25) is 10.2 Å². The van der Waals surface area contributed by atoms with Crippen molar-refractivity contribution in [2.75, 3.05) is 6.26 Å². The molecule has 3 nitrogen and oxygen atoms in total. The molecule has 0 aliphatic carbocycles. The monoisotopic (exact) mass is 233 g/mol. The Labute approximate surface area is 99.3 Å². The number of amides is 1. The minimum absolute atomic E-state index is 0.147. The number of rotatable bonds is 3. The van der Waals surface area contributed by atoms with E-state index in [1.165, 1.54) is 4.90 Å². The molecule has 0 spiro atoms. The van der Waals surface area contributed by atoms with Gasteiger partial charge in [-0.15, -0.1) is 17.2 Å². The van der Waals surface area contributed by atoms with E-state index >= 15 is 0 Å². The van der Waals surface area contributed by atoms with Gasteiger partial charge in [-0.05, 0) is 30.9 Å². The highest BCUT2D eigenvalue weighted by molar-refractivity contribution is 7.98. The van der Waals surface area contributed by atoms with Crippen LogP contribution in [0.4, 0.5) is 0 Å². The van der Waals surface area contributed by atoms with Gasteiger partial charge in [0.25, 0.3) is 5.91 Å². The number of nitrogens with zero attached hydrogens (tertiary/aromatic N) is 1. The van der Waals surface area contributed by atoms with Gasteiger partial charge in [0.05, 0.1) is 0 Å². The van der Waals surface area contributed by atoms with E-state index in [-0.39, 0.29) is 5.91 Å². The highest BCUT2D eigenvalue weighted by Gasteiger charge is 2.21. The van der Waals surface area contributed by atoms with Gasteiger partial charge in [-0.1, -0.05) is 12.1 Å². The molecular formula is C12H13N2OS. The van der Waals surface area contributed by atoms with Crippen LogP contribution in [0.1, 0.15) is 12.5 Å². The third kappa shape index (κ3) is 2.22. The summed E-state index contributed by atoms with van der Waals surface area (Å²) in [5, 5.41) is 0. The minimum atomic E-state index is -0.147. The fourth-order valence-corrected chi connectivity index (χ4v) is 1.99. The number of thioether (sulfide) groups is 1. The first-order valence-electron chi connectivity index (χ1n) is 5.04. The van der Waals surface area contributed by atoms with Crippen LogP contribution in [0.25, 0.3) is 0 Å². The van der Waals surface area contributed by atoms with Gasteiger partial charge >= 0.3 is 0 Å². The Hall–Kier alpha value is -1.42. The van der Waals surface area contributed by atoms with Crippen molar-refractivity contribution in [3.05, 3.63) is 41.1 Å². The van der Waals surface area contributed by atoms with Gasteiger partial charge in [0.1, 0.15) is 0 Å². The molecule has 4 heteroatoms. The molecule has 83 valence electrons. The SMILES string of the molecule is CSc1ccc(CC2=C(C)N[N]C2=O)cc1. The van der Waals surface area contributed by atoms with Gasteiger partial charge in [0, 0.05) is 22.6 Å². The van der Waals surface area contributed by atoms with Gasteiger partial charge in [-0.25, -0.2) is 0 Å². The summed E-state index contributed by atoms with van der Waals surface area (Å²) in [5.41, 5.74) is 9.13. The molecule has 1 aliphatic heterocycles. The standard InChI is InChI=1S/C12H13N2OS/c1-8-11(12(15)14-13-8)7-9-3-5-10(16-2)6-4-9/h3-6,13H,7H2,1-2H3.